The van der Waals surface area contributed by atoms with Gasteiger partial charge in [-0.15, -0.1) is 0 Å². The highest BCUT2D eigenvalue weighted by Gasteiger charge is 2.22. The molecule has 2 unspecified atom stereocenters. The Labute approximate surface area is 147 Å². The van der Waals surface area contributed by atoms with E-state index in [9.17, 15) is 14.0 Å². The van der Waals surface area contributed by atoms with Gasteiger partial charge < -0.3 is 10.4 Å². The number of halogens is 2. The molecule has 0 spiro atoms. The zero-order valence-corrected chi connectivity index (χ0v) is 14.6. The Morgan fingerprint density at radius 3 is 2.83 bits per heavy atom. The van der Waals surface area contributed by atoms with Gasteiger partial charge in [0, 0.05) is 28.9 Å². The Kier molecular flexibility index (Phi) is 7.05. The van der Waals surface area contributed by atoms with Crippen LogP contribution in [0.15, 0.2) is 18.2 Å². The predicted molar refractivity (Wildman–Crippen MR) is 92.7 cm³/mol. The second kappa shape index (κ2) is 8.80. The molecule has 8 heteroatoms. The number of carboxylic acids is 1. The van der Waals surface area contributed by atoms with Crippen molar-refractivity contribution in [3.63, 3.8) is 0 Å². The van der Waals surface area contributed by atoms with Crippen molar-refractivity contribution in [2.24, 2.45) is 0 Å². The molecule has 23 heavy (non-hydrogen) atoms. The molecule has 1 amide bonds. The molecule has 0 radical (unpaired) electrons. The lowest BCUT2D eigenvalue weighted by atomic mass is 10.0. The van der Waals surface area contributed by atoms with Crippen LogP contribution in [0.1, 0.15) is 24.4 Å². The van der Waals surface area contributed by atoms with Crippen LogP contribution in [-0.4, -0.2) is 39.5 Å². The molecule has 0 bridgehead atoms. The topological polar surface area (TPSA) is 66.4 Å². The van der Waals surface area contributed by atoms with Crippen molar-refractivity contribution in [3.05, 3.63) is 34.6 Å². The van der Waals surface area contributed by atoms with E-state index in [-0.39, 0.29) is 22.6 Å². The minimum Gasteiger partial charge on any atom is -0.481 e. The maximum absolute atomic E-state index is 13.6. The molecule has 1 aromatic carbocycles. The van der Waals surface area contributed by atoms with E-state index in [1.807, 2.05) is 11.8 Å². The van der Waals surface area contributed by atoms with Crippen LogP contribution in [-0.2, 0) is 9.59 Å². The fourth-order valence-corrected chi connectivity index (χ4v) is 5.07. The number of carboxylic acid groups (broad SMARTS) is 1. The fourth-order valence-electron chi connectivity index (χ4n) is 2.27. The molecule has 1 fully saturated rings. The molecule has 0 saturated carbocycles. The van der Waals surface area contributed by atoms with Gasteiger partial charge in [0.25, 0.3) is 0 Å². The number of carbonyl (C=O) groups excluding carboxylic acids is 1. The van der Waals surface area contributed by atoms with Crippen molar-refractivity contribution < 1.29 is 19.1 Å². The van der Waals surface area contributed by atoms with Gasteiger partial charge in [0.1, 0.15) is 5.82 Å². The Morgan fingerprint density at radius 1 is 1.43 bits per heavy atom. The van der Waals surface area contributed by atoms with Crippen LogP contribution in [0.4, 0.5) is 4.39 Å². The van der Waals surface area contributed by atoms with Crippen molar-refractivity contribution >= 4 is 47.0 Å². The monoisotopic (exact) mass is 377 g/mol. The quantitative estimate of drug-likeness (QED) is 0.795. The van der Waals surface area contributed by atoms with Gasteiger partial charge >= 0.3 is 5.97 Å². The zero-order valence-electron chi connectivity index (χ0n) is 12.3. The van der Waals surface area contributed by atoms with E-state index in [4.69, 9.17) is 16.7 Å². The summed E-state index contributed by atoms with van der Waals surface area (Å²) in [6.45, 7) is 0. The van der Waals surface area contributed by atoms with E-state index in [0.29, 0.717) is 12.0 Å². The molecule has 1 aliphatic heterocycles. The van der Waals surface area contributed by atoms with Crippen LogP contribution >= 0.6 is 35.1 Å². The third-order valence-corrected chi connectivity index (χ3v) is 6.51. The summed E-state index contributed by atoms with van der Waals surface area (Å²) in [6.07, 6.45) is 0.0310. The zero-order chi connectivity index (χ0) is 16.8. The predicted octanol–water partition coefficient (Wildman–Crippen LogP) is 3.35. The van der Waals surface area contributed by atoms with Crippen molar-refractivity contribution in [3.8, 4) is 0 Å². The molecule has 1 saturated heterocycles. The Morgan fingerprint density at radius 2 is 2.22 bits per heavy atom. The standard InChI is InChI=1S/C15H17ClFNO3S2/c16-11-2-1-9(5-12(11)17)13(7-15(20)21)18-14(19)6-10-8-22-3-4-23-10/h1-2,5,10,13H,3-4,6-8H2,(H,18,19)(H,20,21). The molecular formula is C15H17ClFNO3S2. The molecule has 1 aliphatic rings. The third kappa shape index (κ3) is 5.90. The molecule has 126 valence electrons. The average molecular weight is 378 g/mol. The van der Waals surface area contributed by atoms with E-state index in [0.717, 1.165) is 17.3 Å². The summed E-state index contributed by atoms with van der Waals surface area (Å²) in [7, 11) is 0. The van der Waals surface area contributed by atoms with Crippen molar-refractivity contribution in [2.45, 2.75) is 24.1 Å². The number of rotatable bonds is 6. The molecule has 0 aromatic heterocycles. The minimum atomic E-state index is -1.06. The first-order valence-corrected chi connectivity index (χ1v) is 9.69. The van der Waals surface area contributed by atoms with Gasteiger partial charge in [-0.2, -0.15) is 23.5 Å². The number of nitrogens with one attached hydrogen (secondary N) is 1. The Bertz CT molecular complexity index is 582. The van der Waals surface area contributed by atoms with Crippen LogP contribution in [0.25, 0.3) is 0 Å². The average Bonchev–Trinajstić information content (AvgIpc) is 2.50. The number of aliphatic carboxylic acids is 1. The van der Waals surface area contributed by atoms with Crippen LogP contribution < -0.4 is 5.32 Å². The molecule has 0 aliphatic carbocycles. The molecular weight excluding hydrogens is 361 g/mol. The highest BCUT2D eigenvalue weighted by Crippen LogP contribution is 2.27. The number of carbonyl (C=O) groups is 2. The van der Waals surface area contributed by atoms with E-state index < -0.39 is 17.8 Å². The number of benzene rings is 1. The number of hydrogen-bond donors (Lipinski definition) is 2. The van der Waals surface area contributed by atoms with Crippen molar-refractivity contribution in [1.82, 2.24) is 5.32 Å². The molecule has 2 atom stereocenters. The molecule has 2 rings (SSSR count). The molecule has 1 aromatic rings. The summed E-state index contributed by atoms with van der Waals surface area (Å²) in [5, 5.41) is 11.9. The number of hydrogen-bond acceptors (Lipinski definition) is 4. The van der Waals surface area contributed by atoms with Gasteiger partial charge in [0.05, 0.1) is 17.5 Å². The maximum Gasteiger partial charge on any atom is 0.305 e. The van der Waals surface area contributed by atoms with Crippen LogP contribution in [0.5, 0.6) is 0 Å². The van der Waals surface area contributed by atoms with Gasteiger partial charge in [-0.05, 0) is 17.7 Å². The number of amides is 1. The summed E-state index contributed by atoms with van der Waals surface area (Å²) < 4.78 is 13.6. The lowest BCUT2D eigenvalue weighted by Crippen LogP contribution is -2.33. The van der Waals surface area contributed by atoms with Crippen molar-refractivity contribution in [2.75, 3.05) is 17.3 Å². The largest absolute Gasteiger partial charge is 0.481 e. The molecule has 1 heterocycles. The Hall–Kier alpha value is -0.920. The minimum absolute atomic E-state index is 0.0372. The van der Waals surface area contributed by atoms with Gasteiger partial charge in [0.2, 0.25) is 5.91 Å². The normalized spacial score (nSPS) is 19.1. The van der Waals surface area contributed by atoms with E-state index in [1.54, 1.807) is 11.8 Å². The molecule has 4 nitrogen and oxygen atoms in total. The van der Waals surface area contributed by atoms with Gasteiger partial charge in [0.15, 0.2) is 0 Å². The smallest absolute Gasteiger partial charge is 0.305 e. The first kappa shape index (κ1) is 18.4. The first-order chi connectivity index (χ1) is 11.0. The van der Waals surface area contributed by atoms with Gasteiger partial charge in [-0.1, -0.05) is 17.7 Å². The third-order valence-electron chi connectivity index (χ3n) is 3.36. The lowest BCUT2D eigenvalue weighted by molar-refractivity contribution is -0.137. The second-order valence-corrected chi connectivity index (χ2v) is 8.13. The van der Waals surface area contributed by atoms with E-state index in [1.165, 1.54) is 18.2 Å². The highest BCUT2D eigenvalue weighted by atomic mass is 35.5. The van der Waals surface area contributed by atoms with Gasteiger partial charge in [-0.3, -0.25) is 9.59 Å². The highest BCUT2D eigenvalue weighted by molar-refractivity contribution is 8.06. The summed E-state index contributed by atoms with van der Waals surface area (Å²) in [6, 6.07) is 3.29. The van der Waals surface area contributed by atoms with E-state index in [2.05, 4.69) is 5.32 Å². The summed E-state index contributed by atoms with van der Waals surface area (Å²) in [4.78, 5) is 23.2. The van der Waals surface area contributed by atoms with Gasteiger partial charge in [-0.25, -0.2) is 4.39 Å². The van der Waals surface area contributed by atoms with Crippen molar-refractivity contribution in [1.29, 1.82) is 0 Å². The fraction of sp³-hybridized carbons (Fsp3) is 0.467. The maximum atomic E-state index is 13.6. The van der Waals surface area contributed by atoms with Crippen LogP contribution in [0.2, 0.25) is 5.02 Å². The summed E-state index contributed by atoms with van der Waals surface area (Å²) in [5.41, 5.74) is 0.397. The van der Waals surface area contributed by atoms with E-state index >= 15 is 0 Å². The lowest BCUT2D eigenvalue weighted by Gasteiger charge is -2.22. The summed E-state index contributed by atoms with van der Waals surface area (Å²) in [5.74, 6) is 1.11. The summed E-state index contributed by atoms with van der Waals surface area (Å²) >= 11 is 9.21. The second-order valence-electron chi connectivity index (χ2n) is 5.16. The Balaban J connectivity index is 2.03. The van der Waals surface area contributed by atoms with Crippen LogP contribution in [0, 0.1) is 5.82 Å². The number of thioether (sulfide) groups is 2. The molecule has 2 N–H and O–H groups in total. The SMILES string of the molecule is O=C(O)CC(NC(=O)CC1CSCCS1)c1ccc(Cl)c(F)c1. The van der Waals surface area contributed by atoms with Crippen LogP contribution in [0.3, 0.4) is 0 Å². The first-order valence-electron chi connectivity index (χ1n) is 7.11.